The predicted molar refractivity (Wildman–Crippen MR) is 278 cm³/mol. The van der Waals surface area contributed by atoms with Crippen LogP contribution >= 0.6 is 0 Å². The van der Waals surface area contributed by atoms with Crippen LogP contribution in [0.15, 0.2) is 218 Å². The third kappa shape index (κ3) is 4.89. The van der Waals surface area contributed by atoms with Crippen LogP contribution in [0.1, 0.15) is 70.2 Å². The van der Waals surface area contributed by atoms with E-state index in [-0.39, 0.29) is 17.3 Å². The smallest absolute Gasteiger partial charge is 0.0547 e. The molecule has 0 saturated carbocycles. The quantitative estimate of drug-likeness (QED) is 0.167. The molecular formula is C65H44N2. The number of aromatic nitrogens is 2. The van der Waals surface area contributed by atoms with Gasteiger partial charge in [0.1, 0.15) is 0 Å². The summed E-state index contributed by atoms with van der Waals surface area (Å²) in [7, 11) is 0. The molecule has 12 aromatic rings. The van der Waals surface area contributed by atoms with Crippen LogP contribution in [0.5, 0.6) is 0 Å². The molecule has 4 aliphatic rings. The van der Waals surface area contributed by atoms with Gasteiger partial charge in [-0.05, 0) is 132 Å². The maximum atomic E-state index is 2.62. The van der Waals surface area contributed by atoms with Crippen LogP contribution in [-0.4, -0.2) is 9.13 Å². The number of fused-ring (bicyclic) bond motifs is 10. The standard InChI is InChI=1S/C65H44N2/c1-65(2)52-27-15-13-25-48(52)61-53(65)32-36-57-62(61)49-26-14-16-28-54(49)67(57)58-35-31-43(63-59-44-21-9-11-23-46(44)60(64(58)63)47-24-12-10-22-45(47)59)41-30-34-56-51(38-41)50-37-40(39-17-5-3-6-18-39)29-33-55(50)66(56)42-19-7-4-8-20-42/h3-38,59-60H,1-2H3. The van der Waals surface area contributed by atoms with Crippen molar-refractivity contribution in [2.24, 2.45) is 0 Å². The predicted octanol–water partition coefficient (Wildman–Crippen LogP) is 16.5. The molecule has 0 saturated heterocycles. The van der Waals surface area contributed by atoms with Gasteiger partial charge in [0, 0.05) is 44.5 Å². The van der Waals surface area contributed by atoms with E-state index in [1.54, 1.807) is 0 Å². The van der Waals surface area contributed by atoms with Crippen LogP contribution < -0.4 is 0 Å². The monoisotopic (exact) mass is 852 g/mol. The first-order chi connectivity index (χ1) is 33.0. The normalized spacial score (nSPS) is 16.0. The van der Waals surface area contributed by atoms with Crippen molar-refractivity contribution < 1.29 is 0 Å². The summed E-state index contributed by atoms with van der Waals surface area (Å²) in [5.41, 5.74) is 26.3. The first-order valence-electron chi connectivity index (χ1n) is 23.8. The van der Waals surface area contributed by atoms with Gasteiger partial charge in [0.25, 0.3) is 0 Å². The zero-order valence-corrected chi connectivity index (χ0v) is 37.3. The lowest BCUT2D eigenvalue weighted by Gasteiger charge is -2.44. The first-order valence-corrected chi connectivity index (χ1v) is 23.8. The third-order valence-electron chi connectivity index (χ3n) is 15.9. The van der Waals surface area contributed by atoms with Crippen molar-refractivity contribution >= 4 is 43.6 Å². The second-order valence-corrected chi connectivity index (χ2v) is 19.5. The number of rotatable bonds is 4. The molecule has 0 spiro atoms. The highest BCUT2D eigenvalue weighted by Gasteiger charge is 2.45. The maximum Gasteiger partial charge on any atom is 0.0547 e. The van der Waals surface area contributed by atoms with E-state index < -0.39 is 0 Å². The number of hydrogen-bond acceptors (Lipinski definition) is 0. The summed E-state index contributed by atoms with van der Waals surface area (Å²) >= 11 is 0. The van der Waals surface area contributed by atoms with Crippen molar-refractivity contribution in [3.8, 4) is 44.8 Å². The molecule has 0 aliphatic heterocycles. The van der Waals surface area contributed by atoms with Crippen LogP contribution in [0.3, 0.4) is 0 Å². The molecule has 0 amide bonds. The van der Waals surface area contributed by atoms with Gasteiger partial charge in [0.2, 0.25) is 0 Å². The van der Waals surface area contributed by atoms with E-state index in [2.05, 4.69) is 241 Å². The van der Waals surface area contributed by atoms with Gasteiger partial charge >= 0.3 is 0 Å². The Morgan fingerprint density at radius 1 is 0.358 bits per heavy atom. The van der Waals surface area contributed by atoms with Crippen molar-refractivity contribution in [3.63, 3.8) is 0 Å². The summed E-state index contributed by atoms with van der Waals surface area (Å²) in [6.07, 6.45) is 0. The Morgan fingerprint density at radius 3 is 1.63 bits per heavy atom. The van der Waals surface area contributed by atoms with Gasteiger partial charge in [0.05, 0.1) is 27.8 Å². The molecule has 0 atom stereocenters. The highest BCUT2D eigenvalue weighted by molar-refractivity contribution is 6.18. The van der Waals surface area contributed by atoms with Gasteiger partial charge in [-0.1, -0.05) is 178 Å². The van der Waals surface area contributed by atoms with Crippen LogP contribution in [-0.2, 0) is 5.41 Å². The zero-order valence-electron chi connectivity index (χ0n) is 37.3. The largest absolute Gasteiger partial charge is 0.309 e. The molecule has 0 fully saturated rings. The molecule has 2 aromatic heterocycles. The molecule has 2 nitrogen and oxygen atoms in total. The van der Waals surface area contributed by atoms with Crippen molar-refractivity contribution in [1.29, 1.82) is 0 Å². The second kappa shape index (κ2) is 13.4. The fraction of sp³-hybridized carbons (Fsp3) is 0.0769. The van der Waals surface area contributed by atoms with Gasteiger partial charge in [-0.2, -0.15) is 0 Å². The minimum atomic E-state index is -0.0890. The molecule has 0 unspecified atom stereocenters. The molecular weight excluding hydrogens is 809 g/mol. The van der Waals surface area contributed by atoms with E-state index in [0.717, 1.165) is 0 Å². The van der Waals surface area contributed by atoms with Crippen molar-refractivity contribution in [1.82, 2.24) is 9.13 Å². The topological polar surface area (TPSA) is 9.86 Å². The lowest BCUT2D eigenvalue weighted by molar-refractivity contribution is 0.661. The van der Waals surface area contributed by atoms with Gasteiger partial charge in [-0.3, -0.25) is 0 Å². The summed E-state index contributed by atoms with van der Waals surface area (Å²) in [6, 6.07) is 82.4. The lowest BCUT2D eigenvalue weighted by atomic mass is 9.59. The average molecular weight is 853 g/mol. The lowest BCUT2D eigenvalue weighted by Crippen LogP contribution is -2.29. The molecule has 4 aliphatic carbocycles. The molecule has 2 bridgehead atoms. The Kier molecular flexibility index (Phi) is 7.43. The maximum absolute atomic E-state index is 2.62. The Hall–Kier alpha value is -8.20. The van der Waals surface area contributed by atoms with Gasteiger partial charge in [-0.15, -0.1) is 0 Å². The summed E-state index contributed by atoms with van der Waals surface area (Å²) in [4.78, 5) is 0. The highest BCUT2D eigenvalue weighted by atomic mass is 15.0. The number of benzene rings is 10. The van der Waals surface area contributed by atoms with E-state index in [1.165, 1.54) is 133 Å². The fourth-order valence-electron chi connectivity index (χ4n) is 13.1. The summed E-state index contributed by atoms with van der Waals surface area (Å²) < 4.78 is 5.06. The van der Waals surface area contributed by atoms with E-state index >= 15 is 0 Å². The van der Waals surface area contributed by atoms with Crippen LogP contribution in [0.4, 0.5) is 0 Å². The first kappa shape index (κ1) is 37.1. The van der Waals surface area contributed by atoms with E-state index in [1.807, 2.05) is 0 Å². The zero-order chi connectivity index (χ0) is 44.1. The van der Waals surface area contributed by atoms with Crippen LogP contribution in [0, 0.1) is 0 Å². The van der Waals surface area contributed by atoms with Gasteiger partial charge < -0.3 is 9.13 Å². The minimum Gasteiger partial charge on any atom is -0.309 e. The van der Waals surface area contributed by atoms with Crippen molar-refractivity contribution in [3.05, 3.63) is 263 Å². The summed E-state index contributed by atoms with van der Waals surface area (Å²) in [5, 5.41) is 5.16. The molecule has 314 valence electrons. The molecule has 2 heterocycles. The molecule has 16 rings (SSSR count). The second-order valence-electron chi connectivity index (χ2n) is 19.5. The van der Waals surface area contributed by atoms with Crippen LogP contribution in [0.25, 0.3) is 88.4 Å². The highest BCUT2D eigenvalue weighted by Crippen LogP contribution is 2.60. The van der Waals surface area contributed by atoms with Crippen molar-refractivity contribution in [2.45, 2.75) is 31.1 Å². The van der Waals surface area contributed by atoms with Gasteiger partial charge in [0.15, 0.2) is 0 Å². The molecule has 10 aromatic carbocycles. The Labute approximate surface area is 389 Å². The fourth-order valence-corrected chi connectivity index (χ4v) is 13.1. The summed E-state index contributed by atoms with van der Waals surface area (Å²) in [5.74, 6) is 0.156. The van der Waals surface area contributed by atoms with Gasteiger partial charge in [-0.25, -0.2) is 0 Å². The van der Waals surface area contributed by atoms with E-state index in [4.69, 9.17) is 0 Å². The average Bonchev–Trinajstić information content (AvgIpc) is 3.98. The Morgan fingerprint density at radius 2 is 0.910 bits per heavy atom. The number of nitrogens with zero attached hydrogens (tertiary/aromatic N) is 2. The SMILES string of the molecule is CC1(C)c2ccccc2-c2c1ccc1c2c2ccccc2n1-c1ccc(-c2ccc3c(c2)c2cc(-c4ccccc4)ccc2n3-c2ccccc2)c2c1C1c3ccccc3C2c2ccccc21. The van der Waals surface area contributed by atoms with E-state index in [0.29, 0.717) is 0 Å². The third-order valence-corrected chi connectivity index (χ3v) is 15.9. The molecule has 67 heavy (non-hydrogen) atoms. The van der Waals surface area contributed by atoms with E-state index in [9.17, 15) is 0 Å². The van der Waals surface area contributed by atoms with Crippen molar-refractivity contribution in [2.75, 3.05) is 0 Å². The number of hydrogen-bond donors (Lipinski definition) is 0. The summed E-state index contributed by atoms with van der Waals surface area (Å²) in [6.45, 7) is 4.78. The van der Waals surface area contributed by atoms with Crippen LogP contribution in [0.2, 0.25) is 0 Å². The molecule has 0 radical (unpaired) electrons. The number of para-hydroxylation sites is 2. The Balaban J connectivity index is 1.04. The minimum absolute atomic E-state index is 0.0739. The Bertz CT molecular complexity index is 4020. The molecule has 2 heteroatoms. The molecule has 0 N–H and O–H groups in total.